The maximum Gasteiger partial charge on any atom is 0.337 e. The molecule has 1 saturated heterocycles. The third-order valence-corrected chi connectivity index (χ3v) is 5.01. The van der Waals surface area contributed by atoms with Crippen LogP contribution < -0.4 is 10.1 Å². The Morgan fingerprint density at radius 1 is 1.27 bits per heavy atom. The molecule has 1 amide bonds. The minimum Gasteiger partial charge on any atom is -0.484 e. The molecule has 1 aliphatic rings. The fourth-order valence-corrected chi connectivity index (χ4v) is 3.81. The second-order valence-corrected chi connectivity index (χ2v) is 7.20. The maximum atomic E-state index is 11.7. The molecule has 7 nitrogen and oxygen atoms in total. The first kappa shape index (κ1) is 16.3. The molecule has 2 rings (SSSR count). The van der Waals surface area contributed by atoms with Crippen LogP contribution in [0.15, 0.2) is 24.3 Å². The Hall–Kier alpha value is -2.09. The average molecular weight is 327 g/mol. The molecule has 1 heterocycles. The van der Waals surface area contributed by atoms with Crippen molar-refractivity contribution >= 4 is 21.7 Å². The van der Waals surface area contributed by atoms with E-state index in [0.29, 0.717) is 17.7 Å². The second-order valence-electron chi connectivity index (χ2n) is 4.97. The van der Waals surface area contributed by atoms with Crippen molar-refractivity contribution in [1.29, 1.82) is 0 Å². The van der Waals surface area contributed by atoms with E-state index in [4.69, 9.17) is 4.74 Å². The van der Waals surface area contributed by atoms with Gasteiger partial charge in [-0.2, -0.15) is 0 Å². The Kier molecular flexibility index (Phi) is 5.02. The van der Waals surface area contributed by atoms with E-state index < -0.39 is 15.8 Å². The molecule has 8 heteroatoms. The number of esters is 1. The highest BCUT2D eigenvalue weighted by Crippen LogP contribution is 2.13. The lowest BCUT2D eigenvalue weighted by Gasteiger charge is -2.11. The molecule has 1 N–H and O–H groups in total. The predicted molar refractivity (Wildman–Crippen MR) is 78.5 cm³/mol. The molecule has 0 saturated carbocycles. The molecule has 1 aromatic carbocycles. The first-order valence-electron chi connectivity index (χ1n) is 6.70. The molecule has 1 atom stereocenters. The highest BCUT2D eigenvalue weighted by Gasteiger charge is 2.28. The number of amides is 1. The standard InChI is InChI=1S/C14H17NO6S/c1-20-14(17)10-2-4-12(5-3-10)21-8-13(16)15-11-6-7-22(18,19)9-11/h2-5,11H,6-9H2,1H3,(H,15,16)/t11-/m1/s1. The monoisotopic (exact) mass is 327 g/mol. The molecule has 1 fully saturated rings. The third kappa shape index (κ3) is 4.45. The lowest BCUT2D eigenvalue weighted by molar-refractivity contribution is -0.123. The molecule has 0 aromatic heterocycles. The van der Waals surface area contributed by atoms with Crippen molar-refractivity contribution in [3.8, 4) is 5.75 Å². The molecular weight excluding hydrogens is 310 g/mol. The summed E-state index contributed by atoms with van der Waals surface area (Å²) in [5.74, 6) is -0.312. The number of hydrogen-bond donors (Lipinski definition) is 1. The van der Waals surface area contributed by atoms with E-state index in [-0.39, 0.29) is 30.1 Å². The number of sulfone groups is 1. The molecule has 1 aliphatic heterocycles. The largest absolute Gasteiger partial charge is 0.484 e. The van der Waals surface area contributed by atoms with Crippen LogP contribution in [0.1, 0.15) is 16.8 Å². The van der Waals surface area contributed by atoms with Gasteiger partial charge in [0.1, 0.15) is 5.75 Å². The van der Waals surface area contributed by atoms with Gasteiger partial charge in [0.05, 0.1) is 24.2 Å². The van der Waals surface area contributed by atoms with E-state index in [0.717, 1.165) is 0 Å². The summed E-state index contributed by atoms with van der Waals surface area (Å²) in [6.45, 7) is -0.214. The first-order valence-corrected chi connectivity index (χ1v) is 8.53. The van der Waals surface area contributed by atoms with Crippen molar-refractivity contribution in [1.82, 2.24) is 5.32 Å². The molecule has 0 bridgehead atoms. The molecule has 120 valence electrons. The molecule has 1 aromatic rings. The third-order valence-electron chi connectivity index (χ3n) is 3.24. The zero-order valence-electron chi connectivity index (χ0n) is 12.1. The van der Waals surface area contributed by atoms with Crippen LogP contribution in [0.3, 0.4) is 0 Å². The average Bonchev–Trinajstić information content (AvgIpc) is 2.83. The van der Waals surface area contributed by atoms with E-state index in [9.17, 15) is 18.0 Å². The van der Waals surface area contributed by atoms with Crippen LogP contribution >= 0.6 is 0 Å². The Morgan fingerprint density at radius 3 is 2.50 bits per heavy atom. The quantitative estimate of drug-likeness (QED) is 0.773. The summed E-state index contributed by atoms with van der Waals surface area (Å²) in [5, 5.41) is 2.63. The SMILES string of the molecule is COC(=O)c1ccc(OCC(=O)N[C@@H]2CCS(=O)(=O)C2)cc1. The summed E-state index contributed by atoms with van der Waals surface area (Å²) in [5.41, 5.74) is 0.385. The number of nitrogens with one attached hydrogen (secondary N) is 1. The highest BCUT2D eigenvalue weighted by atomic mass is 32.2. The van der Waals surface area contributed by atoms with Crippen molar-refractivity contribution in [2.45, 2.75) is 12.5 Å². The maximum absolute atomic E-state index is 11.7. The lowest BCUT2D eigenvalue weighted by Crippen LogP contribution is -2.38. The number of methoxy groups -OCH3 is 1. The predicted octanol–water partition coefficient (Wildman–Crippen LogP) is 0.155. The minimum atomic E-state index is -3.02. The fraction of sp³-hybridized carbons (Fsp3) is 0.429. The van der Waals surface area contributed by atoms with Crippen molar-refractivity contribution in [3.05, 3.63) is 29.8 Å². The minimum absolute atomic E-state index is 0.0213. The number of benzene rings is 1. The summed E-state index contributed by atoms with van der Waals surface area (Å²) < 4.78 is 32.4. The van der Waals surface area contributed by atoms with Gasteiger partial charge in [-0.1, -0.05) is 0 Å². The lowest BCUT2D eigenvalue weighted by atomic mass is 10.2. The van der Waals surface area contributed by atoms with Gasteiger partial charge >= 0.3 is 5.97 Å². The molecule has 22 heavy (non-hydrogen) atoms. The fourth-order valence-electron chi connectivity index (χ4n) is 2.13. The van der Waals surface area contributed by atoms with Gasteiger partial charge < -0.3 is 14.8 Å². The van der Waals surface area contributed by atoms with Gasteiger partial charge in [0.2, 0.25) is 0 Å². The van der Waals surface area contributed by atoms with Crippen LogP contribution in [0, 0.1) is 0 Å². The van der Waals surface area contributed by atoms with E-state index >= 15 is 0 Å². The number of carbonyl (C=O) groups excluding carboxylic acids is 2. The van der Waals surface area contributed by atoms with Gasteiger partial charge in [0, 0.05) is 6.04 Å². The number of rotatable bonds is 5. The molecular formula is C14H17NO6S. The van der Waals surface area contributed by atoms with Crippen molar-refractivity contribution < 1.29 is 27.5 Å². The Morgan fingerprint density at radius 2 is 1.95 bits per heavy atom. The van der Waals surface area contributed by atoms with Gasteiger partial charge in [-0.3, -0.25) is 4.79 Å². The smallest absolute Gasteiger partial charge is 0.337 e. The van der Waals surface area contributed by atoms with Crippen molar-refractivity contribution in [2.24, 2.45) is 0 Å². The summed E-state index contributed by atoms with van der Waals surface area (Å²) in [4.78, 5) is 23.0. The van der Waals surface area contributed by atoms with E-state index in [1.165, 1.54) is 19.2 Å². The van der Waals surface area contributed by atoms with E-state index in [1.807, 2.05) is 0 Å². The van der Waals surface area contributed by atoms with E-state index in [1.54, 1.807) is 12.1 Å². The van der Waals surface area contributed by atoms with Gasteiger partial charge in [-0.25, -0.2) is 13.2 Å². The number of hydrogen-bond acceptors (Lipinski definition) is 6. The summed E-state index contributed by atoms with van der Waals surface area (Å²) in [6, 6.07) is 5.83. The Balaban J connectivity index is 1.80. The molecule has 0 unspecified atom stereocenters. The zero-order chi connectivity index (χ0) is 16.2. The number of carbonyl (C=O) groups is 2. The second kappa shape index (κ2) is 6.78. The van der Waals surface area contributed by atoms with Gasteiger partial charge in [-0.05, 0) is 30.7 Å². The van der Waals surface area contributed by atoms with Crippen LogP contribution in [0.25, 0.3) is 0 Å². The summed E-state index contributed by atoms with van der Waals surface area (Å²) in [7, 11) is -1.73. The van der Waals surface area contributed by atoms with Crippen LogP contribution in [0.2, 0.25) is 0 Å². The topological polar surface area (TPSA) is 98.8 Å². The first-order chi connectivity index (χ1) is 10.4. The molecule has 0 spiro atoms. The highest BCUT2D eigenvalue weighted by molar-refractivity contribution is 7.91. The van der Waals surface area contributed by atoms with Gasteiger partial charge in [0.15, 0.2) is 16.4 Å². The van der Waals surface area contributed by atoms with Crippen LogP contribution in [0.5, 0.6) is 5.75 Å². The normalized spacial score (nSPS) is 19.4. The van der Waals surface area contributed by atoms with E-state index in [2.05, 4.69) is 10.1 Å². The summed E-state index contributed by atoms with van der Waals surface area (Å²) in [6.07, 6.45) is 0.432. The molecule has 0 radical (unpaired) electrons. The van der Waals surface area contributed by atoms with Crippen LogP contribution in [0.4, 0.5) is 0 Å². The van der Waals surface area contributed by atoms with Gasteiger partial charge in [0.25, 0.3) is 5.91 Å². The van der Waals surface area contributed by atoms with Crippen LogP contribution in [-0.4, -0.2) is 51.6 Å². The Labute approximate surface area is 128 Å². The van der Waals surface area contributed by atoms with Crippen LogP contribution in [-0.2, 0) is 19.4 Å². The van der Waals surface area contributed by atoms with Gasteiger partial charge in [-0.15, -0.1) is 0 Å². The van der Waals surface area contributed by atoms with Crippen molar-refractivity contribution in [2.75, 3.05) is 25.2 Å². The summed E-state index contributed by atoms with van der Waals surface area (Å²) >= 11 is 0. The van der Waals surface area contributed by atoms with Crippen molar-refractivity contribution in [3.63, 3.8) is 0 Å². The Bertz CT molecular complexity index is 652. The zero-order valence-corrected chi connectivity index (χ0v) is 12.9. The molecule has 0 aliphatic carbocycles. The number of ether oxygens (including phenoxy) is 2.